The number of non-ortho nitro benzene ring substituents is 1. The van der Waals surface area contributed by atoms with E-state index in [0.29, 0.717) is 0 Å². The molecule has 0 spiro atoms. The summed E-state index contributed by atoms with van der Waals surface area (Å²) in [6, 6.07) is 6.36. The third-order valence-corrected chi connectivity index (χ3v) is 3.46. The molecule has 0 saturated heterocycles. The standard InChI is InChI=1S/C15H12ClN3O6/c1-18-6-2-3-12(18)14(21)17-13(20)8-25-15(22)10-5-4-9(19(23)24)7-11(10)16/h2-7H,8H2,1H3,(H,17,20,21). The van der Waals surface area contributed by atoms with Crippen LogP contribution in [0, 0.1) is 10.1 Å². The Morgan fingerprint density at radius 1 is 1.32 bits per heavy atom. The molecule has 0 saturated carbocycles. The van der Waals surface area contributed by atoms with E-state index in [1.807, 2.05) is 0 Å². The molecule has 2 rings (SSSR count). The van der Waals surface area contributed by atoms with E-state index in [2.05, 4.69) is 5.32 Å². The fraction of sp³-hybridized carbons (Fsp3) is 0.133. The molecule has 1 heterocycles. The molecule has 0 fully saturated rings. The molecule has 0 atom stereocenters. The lowest BCUT2D eigenvalue weighted by molar-refractivity contribution is -0.384. The van der Waals surface area contributed by atoms with Crippen LogP contribution < -0.4 is 5.32 Å². The lowest BCUT2D eigenvalue weighted by atomic mass is 10.2. The van der Waals surface area contributed by atoms with Crippen molar-refractivity contribution < 1.29 is 24.0 Å². The maximum absolute atomic E-state index is 11.9. The highest BCUT2D eigenvalue weighted by atomic mass is 35.5. The number of nitrogens with one attached hydrogen (secondary N) is 1. The number of benzene rings is 1. The zero-order valence-corrected chi connectivity index (χ0v) is 13.6. The summed E-state index contributed by atoms with van der Waals surface area (Å²) in [7, 11) is 1.63. The van der Waals surface area contributed by atoms with Crippen molar-refractivity contribution in [2.75, 3.05) is 6.61 Å². The number of aromatic nitrogens is 1. The van der Waals surface area contributed by atoms with E-state index in [4.69, 9.17) is 16.3 Å². The molecule has 0 aliphatic heterocycles. The van der Waals surface area contributed by atoms with Crippen LogP contribution in [0.1, 0.15) is 20.8 Å². The number of imide groups is 1. The summed E-state index contributed by atoms with van der Waals surface area (Å²) in [6.45, 7) is -0.706. The van der Waals surface area contributed by atoms with Gasteiger partial charge < -0.3 is 9.30 Å². The van der Waals surface area contributed by atoms with Gasteiger partial charge in [0.25, 0.3) is 17.5 Å². The number of esters is 1. The van der Waals surface area contributed by atoms with Gasteiger partial charge in [-0.1, -0.05) is 11.6 Å². The van der Waals surface area contributed by atoms with E-state index in [-0.39, 0.29) is 22.0 Å². The van der Waals surface area contributed by atoms with E-state index in [9.17, 15) is 24.5 Å². The summed E-state index contributed by atoms with van der Waals surface area (Å²) in [6.07, 6.45) is 1.63. The predicted octanol–water partition coefficient (Wildman–Crippen LogP) is 1.70. The summed E-state index contributed by atoms with van der Waals surface area (Å²) in [4.78, 5) is 45.3. The van der Waals surface area contributed by atoms with Gasteiger partial charge in [-0.15, -0.1) is 0 Å². The molecule has 130 valence electrons. The number of nitrogens with zero attached hydrogens (tertiary/aromatic N) is 2. The quantitative estimate of drug-likeness (QED) is 0.489. The molecule has 0 radical (unpaired) electrons. The molecule has 0 unspecified atom stereocenters. The van der Waals surface area contributed by atoms with Gasteiger partial charge in [-0.05, 0) is 18.2 Å². The van der Waals surface area contributed by atoms with Crippen LogP contribution in [0.4, 0.5) is 5.69 Å². The molecular weight excluding hydrogens is 354 g/mol. The largest absolute Gasteiger partial charge is 0.452 e. The highest BCUT2D eigenvalue weighted by Crippen LogP contribution is 2.23. The lowest BCUT2D eigenvalue weighted by Crippen LogP contribution is -2.35. The van der Waals surface area contributed by atoms with Gasteiger partial charge in [-0.2, -0.15) is 0 Å². The first kappa shape index (κ1) is 18.1. The number of aryl methyl sites for hydroxylation is 1. The molecule has 0 aliphatic rings. The maximum Gasteiger partial charge on any atom is 0.340 e. The average Bonchev–Trinajstić information content (AvgIpc) is 2.98. The number of halogens is 1. The van der Waals surface area contributed by atoms with Crippen molar-refractivity contribution in [2.45, 2.75) is 0 Å². The topological polar surface area (TPSA) is 121 Å². The van der Waals surface area contributed by atoms with Crippen LogP contribution in [0.15, 0.2) is 36.5 Å². The number of hydrogen-bond acceptors (Lipinski definition) is 6. The fourth-order valence-electron chi connectivity index (χ4n) is 1.92. The fourth-order valence-corrected chi connectivity index (χ4v) is 2.17. The van der Waals surface area contributed by atoms with Gasteiger partial charge in [-0.25, -0.2) is 4.79 Å². The highest BCUT2D eigenvalue weighted by Gasteiger charge is 2.18. The van der Waals surface area contributed by atoms with Crippen LogP contribution in [0.25, 0.3) is 0 Å². The van der Waals surface area contributed by atoms with Crippen molar-refractivity contribution in [3.8, 4) is 0 Å². The summed E-state index contributed by atoms with van der Waals surface area (Å²) in [5, 5.41) is 12.5. The highest BCUT2D eigenvalue weighted by molar-refractivity contribution is 6.33. The average molecular weight is 366 g/mol. The van der Waals surface area contributed by atoms with Crippen molar-refractivity contribution >= 4 is 35.1 Å². The number of carbonyl (C=O) groups excluding carboxylic acids is 3. The SMILES string of the molecule is Cn1cccc1C(=O)NC(=O)COC(=O)c1ccc([N+](=O)[O-])cc1Cl. The van der Waals surface area contributed by atoms with Crippen LogP contribution in [0.3, 0.4) is 0 Å². The number of carbonyl (C=O) groups is 3. The summed E-state index contributed by atoms with van der Waals surface area (Å²) in [5.41, 5.74) is -0.153. The zero-order chi connectivity index (χ0) is 18.6. The Bertz CT molecular complexity index is 861. The van der Waals surface area contributed by atoms with Crippen LogP contribution in [0.2, 0.25) is 5.02 Å². The molecular formula is C15H12ClN3O6. The van der Waals surface area contributed by atoms with Gasteiger partial charge in [0, 0.05) is 25.4 Å². The first-order valence-electron chi connectivity index (χ1n) is 6.86. The molecule has 25 heavy (non-hydrogen) atoms. The molecule has 2 amide bonds. The maximum atomic E-state index is 11.9. The van der Waals surface area contributed by atoms with Gasteiger partial charge in [0.1, 0.15) is 5.69 Å². The summed E-state index contributed by atoms with van der Waals surface area (Å²) >= 11 is 5.79. The van der Waals surface area contributed by atoms with Crippen molar-refractivity contribution in [3.05, 3.63) is 62.9 Å². The van der Waals surface area contributed by atoms with Gasteiger partial charge in [-0.3, -0.25) is 25.0 Å². The van der Waals surface area contributed by atoms with Gasteiger partial charge >= 0.3 is 5.97 Å². The number of nitro groups is 1. The molecule has 10 heteroatoms. The normalized spacial score (nSPS) is 10.2. The van der Waals surface area contributed by atoms with Gasteiger partial charge in [0.05, 0.1) is 15.5 Å². The number of amides is 2. The summed E-state index contributed by atoms with van der Waals surface area (Å²) < 4.78 is 6.27. The first-order valence-corrected chi connectivity index (χ1v) is 7.24. The van der Waals surface area contributed by atoms with E-state index >= 15 is 0 Å². The molecule has 0 bridgehead atoms. The number of ether oxygens (including phenoxy) is 1. The van der Waals surface area contributed by atoms with Crippen LogP contribution in [-0.4, -0.2) is 33.9 Å². The smallest absolute Gasteiger partial charge is 0.340 e. The second-order valence-electron chi connectivity index (χ2n) is 4.88. The van der Waals surface area contributed by atoms with Crippen molar-refractivity contribution in [2.24, 2.45) is 7.05 Å². The third-order valence-electron chi connectivity index (χ3n) is 3.15. The number of hydrogen-bond donors (Lipinski definition) is 1. The van der Waals surface area contributed by atoms with Gasteiger partial charge in [0.15, 0.2) is 6.61 Å². The van der Waals surface area contributed by atoms with Crippen LogP contribution in [0.5, 0.6) is 0 Å². The van der Waals surface area contributed by atoms with Crippen molar-refractivity contribution in [1.29, 1.82) is 0 Å². The second-order valence-corrected chi connectivity index (χ2v) is 5.29. The third kappa shape index (κ3) is 4.42. The molecule has 9 nitrogen and oxygen atoms in total. The van der Waals surface area contributed by atoms with Crippen molar-refractivity contribution in [3.63, 3.8) is 0 Å². The van der Waals surface area contributed by atoms with E-state index in [0.717, 1.165) is 18.2 Å². The second kappa shape index (κ2) is 7.58. The van der Waals surface area contributed by atoms with Crippen LogP contribution in [-0.2, 0) is 16.6 Å². The number of nitro benzene ring substituents is 1. The van der Waals surface area contributed by atoms with E-state index in [1.54, 1.807) is 19.3 Å². The predicted molar refractivity (Wildman–Crippen MR) is 86.3 cm³/mol. The van der Waals surface area contributed by atoms with Crippen LogP contribution >= 0.6 is 11.6 Å². The minimum absolute atomic E-state index is 0.131. The number of rotatable bonds is 5. The Kier molecular flexibility index (Phi) is 5.50. The molecule has 0 aliphatic carbocycles. The lowest BCUT2D eigenvalue weighted by Gasteiger charge is -2.07. The van der Waals surface area contributed by atoms with E-state index < -0.39 is 29.3 Å². The molecule has 1 aromatic heterocycles. The monoisotopic (exact) mass is 365 g/mol. The summed E-state index contributed by atoms with van der Waals surface area (Å²) in [5.74, 6) is -2.40. The first-order chi connectivity index (χ1) is 11.8. The molecule has 1 N–H and O–H groups in total. The Balaban J connectivity index is 1.93. The molecule has 2 aromatic rings. The van der Waals surface area contributed by atoms with Gasteiger partial charge in [0.2, 0.25) is 0 Å². The Morgan fingerprint density at radius 2 is 2.04 bits per heavy atom. The Labute approximate surface area is 146 Å². The minimum Gasteiger partial charge on any atom is -0.452 e. The molecule has 1 aromatic carbocycles. The van der Waals surface area contributed by atoms with E-state index in [1.165, 1.54) is 10.6 Å². The minimum atomic E-state index is -0.943. The Hall–Kier alpha value is -3.20. The Morgan fingerprint density at radius 3 is 2.60 bits per heavy atom. The van der Waals surface area contributed by atoms with Crippen molar-refractivity contribution in [1.82, 2.24) is 9.88 Å². The zero-order valence-electron chi connectivity index (χ0n) is 12.9.